The molecule has 9 heteroatoms. The second-order valence-corrected chi connectivity index (χ2v) is 5.89. The second-order valence-electron chi connectivity index (χ2n) is 3.86. The van der Waals surface area contributed by atoms with E-state index in [4.69, 9.17) is 5.11 Å². The van der Waals surface area contributed by atoms with Crippen molar-refractivity contribution in [3.63, 3.8) is 0 Å². The fourth-order valence-electron chi connectivity index (χ4n) is 1.33. The van der Waals surface area contributed by atoms with Crippen LogP contribution in [0, 0.1) is 0 Å². The first kappa shape index (κ1) is 17.6. The lowest BCUT2D eigenvalue weighted by Gasteiger charge is -2.27. The van der Waals surface area contributed by atoms with Gasteiger partial charge >= 0.3 is 6.18 Å². The van der Waals surface area contributed by atoms with Crippen molar-refractivity contribution in [3.05, 3.63) is 0 Å². The molecule has 0 heterocycles. The van der Waals surface area contributed by atoms with Crippen LogP contribution in [0.5, 0.6) is 0 Å². The molecule has 0 aromatic heterocycles. The molecule has 0 saturated heterocycles. The van der Waals surface area contributed by atoms with E-state index < -0.39 is 22.9 Å². The van der Waals surface area contributed by atoms with E-state index in [0.717, 1.165) is 4.31 Å². The standard InChI is InChI=1S/C9H19F3N2O3S/c1-3-5-14(8-9(10,11)12)18(16,17)13(2)6-4-7-15/h15H,3-8H2,1-2H3. The molecule has 0 aromatic carbocycles. The lowest BCUT2D eigenvalue weighted by molar-refractivity contribution is -0.136. The maximum absolute atomic E-state index is 12.3. The topological polar surface area (TPSA) is 60.9 Å². The molecular formula is C9H19F3N2O3S. The number of aliphatic hydroxyl groups excluding tert-OH is 1. The molecule has 5 nitrogen and oxygen atoms in total. The fraction of sp³-hybridized carbons (Fsp3) is 1.00. The second kappa shape index (κ2) is 7.27. The molecule has 0 aliphatic rings. The van der Waals surface area contributed by atoms with Gasteiger partial charge in [-0.15, -0.1) is 0 Å². The van der Waals surface area contributed by atoms with E-state index >= 15 is 0 Å². The zero-order chi connectivity index (χ0) is 14.4. The molecule has 0 fully saturated rings. The first-order chi connectivity index (χ1) is 8.15. The zero-order valence-corrected chi connectivity index (χ0v) is 11.3. The van der Waals surface area contributed by atoms with Crippen LogP contribution in [-0.2, 0) is 10.2 Å². The van der Waals surface area contributed by atoms with Crippen LogP contribution >= 0.6 is 0 Å². The Kier molecular flexibility index (Phi) is 7.11. The van der Waals surface area contributed by atoms with Crippen LogP contribution in [0.15, 0.2) is 0 Å². The van der Waals surface area contributed by atoms with E-state index in [-0.39, 0.29) is 26.1 Å². The highest BCUT2D eigenvalue weighted by Crippen LogP contribution is 2.20. The largest absolute Gasteiger partial charge is 0.402 e. The van der Waals surface area contributed by atoms with Crippen molar-refractivity contribution in [2.45, 2.75) is 25.9 Å². The summed E-state index contributed by atoms with van der Waals surface area (Å²) in [7, 11) is -2.93. The quantitative estimate of drug-likeness (QED) is 0.720. The van der Waals surface area contributed by atoms with E-state index in [1.165, 1.54) is 7.05 Å². The molecule has 0 radical (unpaired) electrons. The summed E-state index contributed by atoms with van der Waals surface area (Å²) in [5.41, 5.74) is 0. The summed E-state index contributed by atoms with van der Waals surface area (Å²) in [5.74, 6) is 0. The molecule has 0 aliphatic carbocycles. The Morgan fingerprint density at radius 2 is 1.78 bits per heavy atom. The molecule has 0 spiro atoms. The highest BCUT2D eigenvalue weighted by atomic mass is 32.2. The minimum atomic E-state index is -4.57. The van der Waals surface area contributed by atoms with E-state index in [9.17, 15) is 21.6 Å². The van der Waals surface area contributed by atoms with Crippen LogP contribution in [-0.4, -0.2) is 61.6 Å². The van der Waals surface area contributed by atoms with Crippen LogP contribution in [0.25, 0.3) is 0 Å². The lowest BCUT2D eigenvalue weighted by Crippen LogP contribution is -2.46. The average molecular weight is 292 g/mol. The van der Waals surface area contributed by atoms with Crippen molar-refractivity contribution in [3.8, 4) is 0 Å². The monoisotopic (exact) mass is 292 g/mol. The summed E-state index contributed by atoms with van der Waals surface area (Å²) in [6.45, 7) is -0.311. The van der Waals surface area contributed by atoms with Crippen molar-refractivity contribution in [1.82, 2.24) is 8.61 Å². The number of aliphatic hydroxyl groups is 1. The molecule has 0 unspecified atom stereocenters. The normalized spacial score (nSPS) is 13.6. The van der Waals surface area contributed by atoms with Crippen LogP contribution < -0.4 is 0 Å². The third kappa shape index (κ3) is 5.98. The van der Waals surface area contributed by atoms with Crippen molar-refractivity contribution in [1.29, 1.82) is 0 Å². The zero-order valence-electron chi connectivity index (χ0n) is 10.4. The minimum Gasteiger partial charge on any atom is -0.396 e. The Labute approximate surface area is 105 Å². The molecule has 0 amide bonds. The van der Waals surface area contributed by atoms with E-state index in [1.807, 2.05) is 0 Å². The van der Waals surface area contributed by atoms with Gasteiger partial charge in [-0.25, -0.2) is 0 Å². The van der Waals surface area contributed by atoms with Crippen LogP contribution in [0.4, 0.5) is 13.2 Å². The highest BCUT2D eigenvalue weighted by molar-refractivity contribution is 7.86. The molecule has 1 N–H and O–H groups in total. The Bertz CT molecular complexity index is 332. The van der Waals surface area contributed by atoms with Gasteiger partial charge in [-0.2, -0.15) is 30.2 Å². The van der Waals surface area contributed by atoms with Gasteiger partial charge in [0.05, 0.1) is 0 Å². The number of hydrogen-bond donors (Lipinski definition) is 1. The average Bonchev–Trinajstić information content (AvgIpc) is 2.23. The van der Waals surface area contributed by atoms with Gasteiger partial charge in [-0.1, -0.05) is 6.92 Å². The van der Waals surface area contributed by atoms with Gasteiger partial charge in [0, 0.05) is 26.7 Å². The molecule has 110 valence electrons. The lowest BCUT2D eigenvalue weighted by atomic mass is 10.5. The van der Waals surface area contributed by atoms with E-state index in [1.54, 1.807) is 6.92 Å². The Hall–Kier alpha value is -0.380. The van der Waals surface area contributed by atoms with Crippen LogP contribution in [0.1, 0.15) is 19.8 Å². The molecule has 0 atom stereocenters. The molecule has 0 saturated carbocycles. The van der Waals surface area contributed by atoms with Gasteiger partial charge in [0.1, 0.15) is 6.54 Å². The molecule has 18 heavy (non-hydrogen) atoms. The molecule has 0 rings (SSSR count). The third-order valence-corrected chi connectivity index (χ3v) is 4.11. The SMILES string of the molecule is CCCN(CC(F)(F)F)S(=O)(=O)N(C)CCCO. The summed E-state index contributed by atoms with van der Waals surface area (Å²) >= 11 is 0. The summed E-state index contributed by atoms with van der Waals surface area (Å²) < 4.78 is 61.9. The molecule has 0 aromatic rings. The molecule has 0 aliphatic heterocycles. The number of rotatable bonds is 8. The van der Waals surface area contributed by atoms with Crippen LogP contribution in [0.2, 0.25) is 0 Å². The third-order valence-electron chi connectivity index (χ3n) is 2.18. The Morgan fingerprint density at radius 1 is 1.22 bits per heavy atom. The summed E-state index contributed by atoms with van der Waals surface area (Å²) in [4.78, 5) is 0. The van der Waals surface area contributed by atoms with Crippen molar-refractivity contribution in [2.75, 3.05) is 33.3 Å². The Morgan fingerprint density at radius 3 is 2.17 bits per heavy atom. The maximum atomic E-state index is 12.3. The fourth-order valence-corrected chi connectivity index (χ4v) is 2.81. The highest BCUT2D eigenvalue weighted by Gasteiger charge is 2.37. The van der Waals surface area contributed by atoms with Gasteiger partial charge in [0.25, 0.3) is 10.2 Å². The molecular weight excluding hydrogens is 273 g/mol. The van der Waals surface area contributed by atoms with Crippen molar-refractivity contribution >= 4 is 10.2 Å². The van der Waals surface area contributed by atoms with Gasteiger partial charge in [-0.3, -0.25) is 0 Å². The first-order valence-electron chi connectivity index (χ1n) is 5.54. The predicted octanol–water partition coefficient (Wildman–Crippen LogP) is 0.820. The van der Waals surface area contributed by atoms with E-state index in [2.05, 4.69) is 0 Å². The minimum absolute atomic E-state index is 0.0170. The van der Waals surface area contributed by atoms with Gasteiger partial charge in [0.2, 0.25) is 0 Å². The molecule has 0 bridgehead atoms. The predicted molar refractivity (Wildman–Crippen MR) is 61.2 cm³/mol. The summed E-state index contributed by atoms with van der Waals surface area (Å²) in [6, 6.07) is 0. The van der Waals surface area contributed by atoms with Crippen molar-refractivity contribution < 1.29 is 26.7 Å². The van der Waals surface area contributed by atoms with Gasteiger partial charge < -0.3 is 5.11 Å². The van der Waals surface area contributed by atoms with Crippen LogP contribution in [0.3, 0.4) is 0 Å². The first-order valence-corrected chi connectivity index (χ1v) is 6.94. The Balaban J connectivity index is 4.86. The van der Waals surface area contributed by atoms with Gasteiger partial charge in [0.15, 0.2) is 0 Å². The van der Waals surface area contributed by atoms with Crippen molar-refractivity contribution in [2.24, 2.45) is 0 Å². The van der Waals surface area contributed by atoms with Gasteiger partial charge in [-0.05, 0) is 12.8 Å². The number of hydrogen-bond acceptors (Lipinski definition) is 3. The van der Waals surface area contributed by atoms with E-state index in [0.29, 0.717) is 10.7 Å². The smallest absolute Gasteiger partial charge is 0.396 e. The number of halogens is 3. The summed E-state index contributed by atoms with van der Waals surface area (Å²) in [5, 5.41) is 8.59. The number of nitrogens with zero attached hydrogens (tertiary/aromatic N) is 2. The summed E-state index contributed by atoms with van der Waals surface area (Å²) in [6.07, 6.45) is -4.09. The maximum Gasteiger partial charge on any atom is 0.402 e. The number of alkyl halides is 3.